The molecule has 1 saturated heterocycles. The molecule has 0 N–H and O–H groups in total. The molecule has 2 unspecified atom stereocenters. The lowest BCUT2D eigenvalue weighted by molar-refractivity contribution is -0.143. The number of carbonyl (C=O) groups is 1. The highest BCUT2D eigenvalue weighted by Crippen LogP contribution is 2.59. The Morgan fingerprint density at radius 2 is 2.00 bits per heavy atom. The predicted octanol–water partition coefficient (Wildman–Crippen LogP) is 2.66. The van der Waals surface area contributed by atoms with Crippen LogP contribution >= 0.6 is 11.6 Å². The van der Waals surface area contributed by atoms with Crippen molar-refractivity contribution in [2.75, 3.05) is 7.11 Å². The second kappa shape index (κ2) is 3.72. The van der Waals surface area contributed by atoms with Gasteiger partial charge in [-0.2, -0.15) is 0 Å². The zero-order valence-corrected chi connectivity index (χ0v) is 11.1. The molecule has 0 spiro atoms. The van der Waals surface area contributed by atoms with E-state index in [2.05, 4.69) is 4.74 Å². The zero-order chi connectivity index (χ0) is 12.8. The van der Waals surface area contributed by atoms with Gasteiger partial charge in [0.05, 0.1) is 7.11 Å². The number of aryl methyl sites for hydroxylation is 2. The molecule has 1 fully saturated rings. The largest absolute Gasteiger partial charge is 0.466 e. The molecule has 0 aromatic heterocycles. The first-order valence-electron chi connectivity index (χ1n) is 5.40. The third-order valence-electron chi connectivity index (χ3n) is 3.42. The summed E-state index contributed by atoms with van der Waals surface area (Å²) < 4.78 is 10.1. The fourth-order valence-electron chi connectivity index (χ4n) is 1.91. The molecule has 17 heavy (non-hydrogen) atoms. The second-order valence-corrected chi connectivity index (χ2v) is 5.05. The molecule has 1 aliphatic heterocycles. The molecule has 0 bridgehead atoms. The molecular weight excluding hydrogens is 240 g/mol. The molecule has 0 saturated carbocycles. The second-order valence-electron chi connectivity index (χ2n) is 4.52. The van der Waals surface area contributed by atoms with Gasteiger partial charge in [0.25, 0.3) is 5.06 Å². The van der Waals surface area contributed by atoms with Gasteiger partial charge in [-0.05, 0) is 37.5 Å². The Hall–Kier alpha value is -1.06. The highest BCUT2D eigenvalue weighted by molar-refractivity contribution is 6.35. The maximum atomic E-state index is 11.6. The lowest BCUT2D eigenvalue weighted by Gasteiger charge is -2.11. The van der Waals surface area contributed by atoms with Crippen molar-refractivity contribution in [3.63, 3.8) is 0 Å². The maximum Gasteiger partial charge on any atom is 0.357 e. The van der Waals surface area contributed by atoms with Crippen LogP contribution in [0.2, 0.25) is 0 Å². The molecule has 0 aliphatic carbocycles. The average molecular weight is 255 g/mol. The number of alkyl halides is 1. The number of esters is 1. The van der Waals surface area contributed by atoms with Crippen molar-refractivity contribution < 1.29 is 14.3 Å². The van der Waals surface area contributed by atoms with Crippen LogP contribution in [-0.2, 0) is 19.9 Å². The van der Waals surface area contributed by atoms with Crippen LogP contribution in [0.5, 0.6) is 0 Å². The normalized spacial score (nSPS) is 31.1. The number of benzene rings is 1. The Labute approximate surface area is 106 Å². The first-order chi connectivity index (χ1) is 7.85. The van der Waals surface area contributed by atoms with Crippen LogP contribution in [-0.4, -0.2) is 18.1 Å². The number of methoxy groups -OCH3 is 1. The molecule has 2 rings (SSSR count). The van der Waals surface area contributed by atoms with Crippen LogP contribution in [0.15, 0.2) is 18.2 Å². The lowest BCUT2D eigenvalue weighted by atomic mass is 9.94. The molecule has 1 aromatic rings. The third-order valence-corrected chi connectivity index (χ3v) is 4.01. The van der Waals surface area contributed by atoms with E-state index in [4.69, 9.17) is 16.3 Å². The SMILES string of the molecule is COC(=O)C1(Cl)OC1(C)c1ccc(C)c(C)c1. The van der Waals surface area contributed by atoms with Crippen LogP contribution in [0, 0.1) is 13.8 Å². The van der Waals surface area contributed by atoms with Gasteiger partial charge in [0.1, 0.15) is 5.60 Å². The van der Waals surface area contributed by atoms with Crippen molar-refractivity contribution in [1.29, 1.82) is 0 Å². The highest BCUT2D eigenvalue weighted by Gasteiger charge is 2.73. The Morgan fingerprint density at radius 1 is 1.35 bits per heavy atom. The summed E-state index contributed by atoms with van der Waals surface area (Å²) in [5.41, 5.74) is 2.42. The summed E-state index contributed by atoms with van der Waals surface area (Å²) in [6.45, 7) is 5.84. The minimum absolute atomic E-state index is 0.556. The summed E-state index contributed by atoms with van der Waals surface area (Å²) in [7, 11) is 1.30. The molecular formula is C13H15ClO3. The number of halogens is 1. The molecule has 92 valence electrons. The first-order valence-corrected chi connectivity index (χ1v) is 5.78. The quantitative estimate of drug-likeness (QED) is 0.463. The van der Waals surface area contributed by atoms with Crippen LogP contribution in [0.25, 0.3) is 0 Å². The Morgan fingerprint density at radius 3 is 2.53 bits per heavy atom. The van der Waals surface area contributed by atoms with Crippen LogP contribution in [0.4, 0.5) is 0 Å². The molecule has 4 heteroatoms. The molecule has 1 heterocycles. The van der Waals surface area contributed by atoms with Gasteiger partial charge < -0.3 is 9.47 Å². The van der Waals surface area contributed by atoms with Gasteiger partial charge >= 0.3 is 5.97 Å². The van der Waals surface area contributed by atoms with Gasteiger partial charge in [0.2, 0.25) is 0 Å². The van der Waals surface area contributed by atoms with Crippen molar-refractivity contribution in [3.05, 3.63) is 34.9 Å². The lowest BCUT2D eigenvalue weighted by Crippen LogP contribution is -2.27. The van der Waals surface area contributed by atoms with Crippen LogP contribution in [0.3, 0.4) is 0 Å². The molecule has 0 amide bonds. The first kappa shape index (κ1) is 12.4. The van der Waals surface area contributed by atoms with E-state index in [1.165, 1.54) is 12.7 Å². The minimum Gasteiger partial charge on any atom is -0.466 e. The fourth-order valence-corrected chi connectivity index (χ4v) is 2.25. The molecule has 2 atom stereocenters. The van der Waals surface area contributed by atoms with E-state index >= 15 is 0 Å². The summed E-state index contributed by atoms with van der Waals surface area (Å²) in [6.07, 6.45) is 0. The van der Waals surface area contributed by atoms with Crippen molar-refractivity contribution in [1.82, 2.24) is 0 Å². The van der Waals surface area contributed by atoms with Crippen molar-refractivity contribution in [2.45, 2.75) is 31.4 Å². The number of rotatable bonds is 2. The van der Waals surface area contributed by atoms with E-state index in [0.29, 0.717) is 0 Å². The summed E-state index contributed by atoms with van der Waals surface area (Å²) in [6, 6.07) is 5.91. The van der Waals surface area contributed by atoms with Crippen molar-refractivity contribution in [2.24, 2.45) is 0 Å². The third kappa shape index (κ3) is 1.65. The van der Waals surface area contributed by atoms with Gasteiger partial charge in [-0.15, -0.1) is 0 Å². The summed E-state index contributed by atoms with van der Waals surface area (Å²) >= 11 is 6.13. The van der Waals surface area contributed by atoms with Gasteiger partial charge in [0, 0.05) is 0 Å². The molecule has 1 aliphatic rings. The number of hydrogen-bond acceptors (Lipinski definition) is 3. The average Bonchev–Trinajstić information content (AvgIpc) is 2.87. The van der Waals surface area contributed by atoms with Crippen LogP contribution in [0.1, 0.15) is 23.6 Å². The smallest absolute Gasteiger partial charge is 0.357 e. The highest BCUT2D eigenvalue weighted by atomic mass is 35.5. The monoisotopic (exact) mass is 254 g/mol. The van der Waals surface area contributed by atoms with Crippen molar-refractivity contribution >= 4 is 17.6 Å². The summed E-state index contributed by atoms with van der Waals surface area (Å²) in [4.78, 5) is 11.6. The number of ether oxygens (including phenoxy) is 2. The van der Waals surface area contributed by atoms with Gasteiger partial charge in [-0.1, -0.05) is 29.8 Å². The standard InChI is InChI=1S/C13H15ClO3/c1-8-5-6-10(7-9(8)2)12(3)13(14,17-12)11(15)16-4/h5-7H,1-4H3. The fraction of sp³-hybridized carbons (Fsp3) is 0.462. The molecule has 0 radical (unpaired) electrons. The van der Waals surface area contributed by atoms with E-state index < -0.39 is 16.6 Å². The van der Waals surface area contributed by atoms with Gasteiger partial charge in [-0.25, -0.2) is 4.79 Å². The maximum absolute atomic E-state index is 11.6. The summed E-state index contributed by atoms with van der Waals surface area (Å²) in [5.74, 6) is -0.556. The minimum atomic E-state index is -1.39. The number of epoxide rings is 1. The number of carbonyl (C=O) groups excluding carboxylic acids is 1. The van der Waals surface area contributed by atoms with E-state index in [9.17, 15) is 4.79 Å². The van der Waals surface area contributed by atoms with E-state index in [1.54, 1.807) is 6.92 Å². The topological polar surface area (TPSA) is 38.8 Å². The van der Waals surface area contributed by atoms with Gasteiger partial charge in [0.15, 0.2) is 0 Å². The Balaban J connectivity index is 2.36. The molecule has 3 nitrogen and oxygen atoms in total. The van der Waals surface area contributed by atoms with E-state index in [-0.39, 0.29) is 0 Å². The van der Waals surface area contributed by atoms with E-state index in [1.807, 2.05) is 32.0 Å². The van der Waals surface area contributed by atoms with Gasteiger partial charge in [-0.3, -0.25) is 0 Å². The predicted molar refractivity (Wildman–Crippen MR) is 65.0 cm³/mol. The Bertz CT molecular complexity index is 486. The molecule has 1 aromatic carbocycles. The summed E-state index contributed by atoms with van der Waals surface area (Å²) in [5, 5.41) is -1.39. The zero-order valence-electron chi connectivity index (χ0n) is 10.3. The Kier molecular flexibility index (Phi) is 2.71. The van der Waals surface area contributed by atoms with Crippen molar-refractivity contribution in [3.8, 4) is 0 Å². The van der Waals surface area contributed by atoms with Crippen LogP contribution < -0.4 is 0 Å². The number of hydrogen-bond donors (Lipinski definition) is 0. The van der Waals surface area contributed by atoms with E-state index in [0.717, 1.165) is 11.1 Å².